The van der Waals surface area contributed by atoms with Gasteiger partial charge in [-0.05, 0) is 24.1 Å². The third-order valence-corrected chi connectivity index (χ3v) is 2.87. The van der Waals surface area contributed by atoms with E-state index in [4.69, 9.17) is 4.74 Å². The van der Waals surface area contributed by atoms with Gasteiger partial charge in [0.1, 0.15) is 0 Å². The van der Waals surface area contributed by atoms with Crippen LogP contribution in [0.15, 0.2) is 22.7 Å². The van der Waals surface area contributed by atoms with Crippen molar-refractivity contribution in [2.75, 3.05) is 25.6 Å². The van der Waals surface area contributed by atoms with Gasteiger partial charge in [-0.3, -0.25) is 0 Å². The van der Waals surface area contributed by atoms with Gasteiger partial charge in [0.2, 0.25) is 0 Å². The molecule has 0 amide bonds. The number of anilines is 1. The topological polar surface area (TPSA) is 21.3 Å². The molecule has 2 nitrogen and oxygen atoms in total. The van der Waals surface area contributed by atoms with Crippen LogP contribution < -0.4 is 5.32 Å². The minimum absolute atomic E-state index is 0.0832. The summed E-state index contributed by atoms with van der Waals surface area (Å²) < 4.78 is 43.9. The van der Waals surface area contributed by atoms with Crippen LogP contribution in [0, 0.1) is 5.92 Å². The van der Waals surface area contributed by atoms with Crippen LogP contribution in [0.2, 0.25) is 0 Å². The largest absolute Gasteiger partial charge is 0.418 e. The molecule has 0 spiro atoms. The smallest absolute Gasteiger partial charge is 0.384 e. The van der Waals surface area contributed by atoms with Gasteiger partial charge >= 0.3 is 6.18 Å². The first kappa shape index (κ1) is 15.3. The van der Waals surface area contributed by atoms with E-state index >= 15 is 0 Å². The van der Waals surface area contributed by atoms with Crippen molar-refractivity contribution in [1.82, 2.24) is 0 Å². The maximum atomic E-state index is 12.8. The van der Waals surface area contributed by atoms with E-state index in [2.05, 4.69) is 21.2 Å². The Kier molecular flexibility index (Phi) is 5.47. The molecule has 0 bridgehead atoms. The second kappa shape index (κ2) is 6.43. The van der Waals surface area contributed by atoms with E-state index in [-0.39, 0.29) is 11.6 Å². The van der Waals surface area contributed by atoms with Crippen LogP contribution in [-0.4, -0.2) is 20.3 Å². The molecule has 0 saturated carbocycles. The van der Waals surface area contributed by atoms with E-state index in [1.165, 1.54) is 12.1 Å². The fourth-order valence-electron chi connectivity index (χ4n) is 1.54. The zero-order chi connectivity index (χ0) is 13.8. The first-order chi connectivity index (χ1) is 8.34. The highest BCUT2D eigenvalue weighted by Crippen LogP contribution is 2.36. The fourth-order valence-corrected chi connectivity index (χ4v) is 1.90. The van der Waals surface area contributed by atoms with Crippen LogP contribution in [0.5, 0.6) is 0 Å². The van der Waals surface area contributed by atoms with Crippen LogP contribution in [0.1, 0.15) is 12.5 Å². The lowest BCUT2D eigenvalue weighted by Gasteiger charge is -2.17. The van der Waals surface area contributed by atoms with Gasteiger partial charge in [-0.2, -0.15) is 13.2 Å². The highest BCUT2D eigenvalue weighted by Gasteiger charge is 2.33. The molecule has 0 fully saturated rings. The number of rotatable bonds is 5. The normalized spacial score (nSPS) is 13.4. The van der Waals surface area contributed by atoms with Crippen LogP contribution in [0.4, 0.5) is 18.9 Å². The molecule has 1 atom stereocenters. The summed E-state index contributed by atoms with van der Waals surface area (Å²) in [5, 5.41) is 2.82. The fraction of sp³-hybridized carbons (Fsp3) is 0.500. The summed E-state index contributed by atoms with van der Waals surface area (Å²) in [6.07, 6.45) is -4.35. The third-order valence-electron chi connectivity index (χ3n) is 2.38. The first-order valence-electron chi connectivity index (χ1n) is 5.44. The molecule has 1 rings (SSSR count). The average Bonchev–Trinajstić information content (AvgIpc) is 2.25. The number of halogens is 4. The molecule has 0 aromatic heterocycles. The standard InChI is InChI=1S/C12H15BrF3NO/c1-8(7-18-2)6-17-11-5-9(13)3-4-10(11)12(14,15)16/h3-5,8,17H,6-7H2,1-2H3. The van der Waals surface area contributed by atoms with Gasteiger partial charge < -0.3 is 10.1 Å². The van der Waals surface area contributed by atoms with E-state index in [1.54, 1.807) is 7.11 Å². The number of benzene rings is 1. The predicted molar refractivity (Wildman–Crippen MR) is 68.7 cm³/mol. The Bertz CT molecular complexity index is 395. The molecule has 0 radical (unpaired) electrons. The molecule has 1 aromatic carbocycles. The lowest BCUT2D eigenvalue weighted by atomic mass is 10.1. The van der Waals surface area contributed by atoms with E-state index in [1.807, 2.05) is 6.92 Å². The summed E-state index contributed by atoms with van der Waals surface area (Å²) in [5.41, 5.74) is -0.574. The lowest BCUT2D eigenvalue weighted by molar-refractivity contribution is -0.137. The highest BCUT2D eigenvalue weighted by molar-refractivity contribution is 9.10. The maximum Gasteiger partial charge on any atom is 0.418 e. The molecule has 1 N–H and O–H groups in total. The van der Waals surface area contributed by atoms with Crippen molar-refractivity contribution < 1.29 is 17.9 Å². The van der Waals surface area contributed by atoms with Gasteiger partial charge in [0, 0.05) is 23.8 Å². The Morgan fingerprint density at radius 3 is 2.61 bits per heavy atom. The third kappa shape index (κ3) is 4.49. The Morgan fingerprint density at radius 2 is 2.06 bits per heavy atom. The molecule has 18 heavy (non-hydrogen) atoms. The zero-order valence-corrected chi connectivity index (χ0v) is 11.7. The monoisotopic (exact) mass is 325 g/mol. The first-order valence-corrected chi connectivity index (χ1v) is 6.23. The summed E-state index contributed by atoms with van der Waals surface area (Å²) in [7, 11) is 1.57. The lowest BCUT2D eigenvalue weighted by Crippen LogP contribution is -2.18. The van der Waals surface area contributed by atoms with Crippen LogP contribution in [-0.2, 0) is 10.9 Å². The summed E-state index contributed by atoms with van der Waals surface area (Å²) in [5.74, 6) is 0.134. The SMILES string of the molecule is COCC(C)CNc1cc(Br)ccc1C(F)(F)F. The highest BCUT2D eigenvalue weighted by atomic mass is 79.9. The molecule has 102 valence electrons. The Labute approximate surface area is 113 Å². The van der Waals surface area contributed by atoms with E-state index < -0.39 is 11.7 Å². The number of methoxy groups -OCH3 is 1. The van der Waals surface area contributed by atoms with E-state index in [9.17, 15) is 13.2 Å². The summed E-state index contributed by atoms with van der Waals surface area (Å²) in [6.45, 7) is 2.83. The second-order valence-electron chi connectivity index (χ2n) is 4.13. The average molecular weight is 326 g/mol. The molecule has 1 unspecified atom stereocenters. The van der Waals surface area contributed by atoms with Crippen molar-refractivity contribution in [3.63, 3.8) is 0 Å². The Hall–Kier alpha value is -0.750. The molecule has 0 aliphatic heterocycles. The zero-order valence-electron chi connectivity index (χ0n) is 10.1. The predicted octanol–water partition coefficient (Wildman–Crippen LogP) is 4.16. The number of ether oxygens (including phenoxy) is 1. The molecule has 0 aliphatic rings. The molecule has 0 heterocycles. The van der Waals surface area contributed by atoms with Crippen molar-refractivity contribution in [2.24, 2.45) is 5.92 Å². The molecule has 0 saturated heterocycles. The quantitative estimate of drug-likeness (QED) is 0.877. The van der Waals surface area contributed by atoms with Crippen molar-refractivity contribution in [1.29, 1.82) is 0 Å². The number of hydrogen-bond donors (Lipinski definition) is 1. The van der Waals surface area contributed by atoms with Gasteiger partial charge in [0.15, 0.2) is 0 Å². The summed E-state index contributed by atoms with van der Waals surface area (Å²) >= 11 is 3.17. The number of alkyl halides is 3. The number of hydrogen-bond acceptors (Lipinski definition) is 2. The molecule has 6 heteroatoms. The van der Waals surface area contributed by atoms with Gasteiger partial charge in [-0.1, -0.05) is 22.9 Å². The number of nitrogens with one attached hydrogen (secondary N) is 1. The maximum absolute atomic E-state index is 12.8. The van der Waals surface area contributed by atoms with Gasteiger partial charge in [0.25, 0.3) is 0 Å². The minimum Gasteiger partial charge on any atom is -0.384 e. The Balaban J connectivity index is 2.83. The molecule has 0 aliphatic carbocycles. The van der Waals surface area contributed by atoms with Gasteiger partial charge in [0.05, 0.1) is 12.2 Å². The van der Waals surface area contributed by atoms with E-state index in [0.29, 0.717) is 17.6 Å². The van der Waals surface area contributed by atoms with Crippen molar-refractivity contribution in [2.45, 2.75) is 13.1 Å². The second-order valence-corrected chi connectivity index (χ2v) is 5.04. The molecular formula is C12H15BrF3NO. The van der Waals surface area contributed by atoms with Crippen LogP contribution in [0.25, 0.3) is 0 Å². The minimum atomic E-state index is -4.35. The van der Waals surface area contributed by atoms with Crippen molar-refractivity contribution in [3.05, 3.63) is 28.2 Å². The molecule has 1 aromatic rings. The van der Waals surface area contributed by atoms with E-state index in [0.717, 1.165) is 6.07 Å². The van der Waals surface area contributed by atoms with Gasteiger partial charge in [-0.25, -0.2) is 0 Å². The van der Waals surface area contributed by atoms with Crippen molar-refractivity contribution in [3.8, 4) is 0 Å². The summed E-state index contributed by atoms with van der Waals surface area (Å²) in [6, 6.07) is 3.88. The van der Waals surface area contributed by atoms with Crippen LogP contribution in [0.3, 0.4) is 0 Å². The van der Waals surface area contributed by atoms with Crippen LogP contribution >= 0.6 is 15.9 Å². The van der Waals surface area contributed by atoms with Crippen molar-refractivity contribution >= 4 is 21.6 Å². The molecular weight excluding hydrogens is 311 g/mol. The Morgan fingerprint density at radius 1 is 1.39 bits per heavy atom. The van der Waals surface area contributed by atoms with Gasteiger partial charge in [-0.15, -0.1) is 0 Å². The summed E-state index contributed by atoms with van der Waals surface area (Å²) in [4.78, 5) is 0.